The Morgan fingerprint density at radius 3 is 2.58 bits per heavy atom. The predicted molar refractivity (Wildman–Crippen MR) is 77.0 cm³/mol. The Kier molecular flexibility index (Phi) is 7.30. The minimum absolute atomic E-state index is 0.231. The van der Waals surface area contributed by atoms with Crippen LogP contribution in [0, 0.1) is 0 Å². The first kappa shape index (κ1) is 15.8. The fraction of sp³-hybridized carbons (Fsp3) is 0.600. The van der Waals surface area contributed by atoms with Gasteiger partial charge in [0.2, 0.25) is 0 Å². The number of methoxy groups -OCH3 is 1. The number of nitrogens with one attached hydrogen (secondary N) is 1. The van der Waals surface area contributed by atoms with Crippen LogP contribution in [-0.4, -0.2) is 33.0 Å². The molecular formula is C15H25NO3. The number of hydrogen-bond donors (Lipinski definition) is 1. The van der Waals surface area contributed by atoms with Crippen LogP contribution < -0.4 is 14.8 Å². The third kappa shape index (κ3) is 5.49. The Balaban J connectivity index is 2.52. The first-order valence-electron chi connectivity index (χ1n) is 6.83. The normalized spacial score (nSPS) is 12.2. The van der Waals surface area contributed by atoms with Crippen LogP contribution in [0.5, 0.6) is 11.5 Å². The van der Waals surface area contributed by atoms with Gasteiger partial charge in [-0.3, -0.25) is 0 Å². The van der Waals surface area contributed by atoms with Crippen molar-refractivity contribution < 1.29 is 14.2 Å². The highest BCUT2D eigenvalue weighted by Gasteiger charge is 2.06. The van der Waals surface area contributed by atoms with E-state index in [1.807, 2.05) is 32.0 Å². The second kappa shape index (κ2) is 8.77. The van der Waals surface area contributed by atoms with Crippen molar-refractivity contribution in [3.63, 3.8) is 0 Å². The van der Waals surface area contributed by atoms with E-state index in [0.717, 1.165) is 31.2 Å². The molecule has 1 N–H and O–H groups in total. The van der Waals surface area contributed by atoms with Crippen LogP contribution in [0.15, 0.2) is 18.2 Å². The molecule has 1 atom stereocenters. The topological polar surface area (TPSA) is 39.7 Å². The molecule has 1 rings (SSSR count). The molecule has 1 unspecified atom stereocenters. The molecule has 0 heterocycles. The van der Waals surface area contributed by atoms with Gasteiger partial charge in [0.1, 0.15) is 0 Å². The van der Waals surface area contributed by atoms with E-state index < -0.39 is 0 Å². The maximum absolute atomic E-state index is 5.56. The maximum Gasteiger partial charge on any atom is 0.161 e. The van der Waals surface area contributed by atoms with E-state index in [2.05, 4.69) is 12.2 Å². The van der Waals surface area contributed by atoms with Gasteiger partial charge >= 0.3 is 0 Å². The van der Waals surface area contributed by atoms with Crippen molar-refractivity contribution in [3.8, 4) is 11.5 Å². The van der Waals surface area contributed by atoms with Gasteiger partial charge in [0.15, 0.2) is 11.5 Å². The van der Waals surface area contributed by atoms with E-state index in [0.29, 0.717) is 6.61 Å². The Bertz CT molecular complexity index is 368. The van der Waals surface area contributed by atoms with E-state index in [9.17, 15) is 0 Å². The van der Waals surface area contributed by atoms with Crippen LogP contribution in [0.1, 0.15) is 26.3 Å². The van der Waals surface area contributed by atoms with Crippen molar-refractivity contribution in [2.24, 2.45) is 0 Å². The first-order valence-corrected chi connectivity index (χ1v) is 6.83. The summed E-state index contributed by atoms with van der Waals surface area (Å²) >= 11 is 0. The van der Waals surface area contributed by atoms with Crippen molar-refractivity contribution in [1.29, 1.82) is 0 Å². The summed E-state index contributed by atoms with van der Waals surface area (Å²) in [6.45, 7) is 9.05. The molecular weight excluding hydrogens is 242 g/mol. The molecule has 0 aliphatic carbocycles. The molecule has 0 saturated carbocycles. The van der Waals surface area contributed by atoms with E-state index >= 15 is 0 Å². The number of benzene rings is 1. The summed E-state index contributed by atoms with van der Waals surface area (Å²) in [4.78, 5) is 0. The van der Waals surface area contributed by atoms with Gasteiger partial charge in [-0.1, -0.05) is 6.07 Å². The Hall–Kier alpha value is -1.26. The summed E-state index contributed by atoms with van der Waals surface area (Å²) in [5.41, 5.74) is 1.17. The lowest BCUT2D eigenvalue weighted by atomic mass is 10.2. The van der Waals surface area contributed by atoms with E-state index in [1.165, 1.54) is 5.56 Å². The molecule has 19 heavy (non-hydrogen) atoms. The van der Waals surface area contributed by atoms with Crippen molar-refractivity contribution in [1.82, 2.24) is 5.32 Å². The van der Waals surface area contributed by atoms with Gasteiger partial charge < -0.3 is 19.5 Å². The number of hydrogen-bond acceptors (Lipinski definition) is 4. The maximum atomic E-state index is 5.56. The highest BCUT2D eigenvalue weighted by atomic mass is 16.5. The van der Waals surface area contributed by atoms with Gasteiger partial charge in [0.25, 0.3) is 0 Å². The molecule has 4 nitrogen and oxygen atoms in total. The molecule has 0 fully saturated rings. The Morgan fingerprint density at radius 2 is 1.95 bits per heavy atom. The lowest BCUT2D eigenvalue weighted by Crippen LogP contribution is -2.26. The second-order valence-corrected chi connectivity index (χ2v) is 4.32. The molecule has 0 spiro atoms. The average Bonchev–Trinajstić information content (AvgIpc) is 2.40. The zero-order valence-electron chi connectivity index (χ0n) is 12.4. The SMILES string of the molecule is CCOc1cc(CNCC(C)OCC)ccc1OC. The van der Waals surface area contributed by atoms with E-state index in [1.54, 1.807) is 7.11 Å². The molecule has 0 saturated heterocycles. The summed E-state index contributed by atoms with van der Waals surface area (Å²) in [5.74, 6) is 1.57. The standard InChI is InChI=1S/C15H25NO3/c1-5-18-12(3)10-16-11-13-7-8-14(17-4)15(9-13)19-6-2/h7-9,12,16H,5-6,10-11H2,1-4H3. The molecule has 0 aliphatic heterocycles. The third-order valence-electron chi connectivity index (χ3n) is 2.74. The molecule has 0 aliphatic rings. The molecule has 108 valence electrons. The summed E-state index contributed by atoms with van der Waals surface area (Å²) in [5, 5.41) is 3.37. The lowest BCUT2D eigenvalue weighted by Gasteiger charge is -2.14. The largest absolute Gasteiger partial charge is 0.493 e. The van der Waals surface area contributed by atoms with Crippen LogP contribution in [0.4, 0.5) is 0 Å². The third-order valence-corrected chi connectivity index (χ3v) is 2.74. The average molecular weight is 267 g/mol. The fourth-order valence-electron chi connectivity index (χ4n) is 1.86. The molecule has 0 radical (unpaired) electrons. The Morgan fingerprint density at radius 1 is 1.16 bits per heavy atom. The zero-order chi connectivity index (χ0) is 14.1. The zero-order valence-corrected chi connectivity index (χ0v) is 12.4. The van der Waals surface area contributed by atoms with Gasteiger partial charge in [-0.05, 0) is 38.5 Å². The van der Waals surface area contributed by atoms with Crippen molar-refractivity contribution in [2.45, 2.75) is 33.4 Å². The van der Waals surface area contributed by atoms with E-state index in [4.69, 9.17) is 14.2 Å². The highest BCUT2D eigenvalue weighted by Crippen LogP contribution is 2.27. The Labute approximate surface area is 116 Å². The molecule has 4 heteroatoms. The summed E-state index contributed by atoms with van der Waals surface area (Å²) in [6.07, 6.45) is 0.231. The van der Waals surface area contributed by atoms with Gasteiger partial charge in [0.05, 0.1) is 19.8 Å². The summed E-state index contributed by atoms with van der Waals surface area (Å²) in [7, 11) is 1.65. The summed E-state index contributed by atoms with van der Waals surface area (Å²) < 4.78 is 16.3. The smallest absolute Gasteiger partial charge is 0.161 e. The van der Waals surface area contributed by atoms with Crippen LogP contribution in [0.3, 0.4) is 0 Å². The molecule has 0 aromatic heterocycles. The van der Waals surface area contributed by atoms with Crippen molar-refractivity contribution in [2.75, 3.05) is 26.9 Å². The van der Waals surface area contributed by atoms with Gasteiger partial charge in [-0.2, -0.15) is 0 Å². The van der Waals surface area contributed by atoms with Gasteiger partial charge in [0, 0.05) is 19.7 Å². The molecule has 1 aromatic carbocycles. The number of ether oxygens (including phenoxy) is 3. The first-order chi connectivity index (χ1) is 9.21. The van der Waals surface area contributed by atoms with Crippen LogP contribution in [-0.2, 0) is 11.3 Å². The number of rotatable bonds is 9. The quantitative estimate of drug-likeness (QED) is 0.746. The minimum atomic E-state index is 0.231. The van der Waals surface area contributed by atoms with Crippen molar-refractivity contribution >= 4 is 0 Å². The lowest BCUT2D eigenvalue weighted by molar-refractivity contribution is 0.0759. The fourth-order valence-corrected chi connectivity index (χ4v) is 1.86. The summed E-state index contributed by atoms with van der Waals surface area (Å²) in [6, 6.07) is 5.99. The van der Waals surface area contributed by atoms with E-state index in [-0.39, 0.29) is 6.10 Å². The van der Waals surface area contributed by atoms with Gasteiger partial charge in [-0.25, -0.2) is 0 Å². The molecule has 0 amide bonds. The van der Waals surface area contributed by atoms with Crippen LogP contribution >= 0.6 is 0 Å². The van der Waals surface area contributed by atoms with Gasteiger partial charge in [-0.15, -0.1) is 0 Å². The molecule has 0 bridgehead atoms. The minimum Gasteiger partial charge on any atom is -0.493 e. The predicted octanol–water partition coefficient (Wildman–Crippen LogP) is 2.61. The van der Waals surface area contributed by atoms with Crippen LogP contribution in [0.25, 0.3) is 0 Å². The monoisotopic (exact) mass is 267 g/mol. The highest BCUT2D eigenvalue weighted by molar-refractivity contribution is 5.42. The van der Waals surface area contributed by atoms with Crippen molar-refractivity contribution in [3.05, 3.63) is 23.8 Å². The molecule has 1 aromatic rings. The second-order valence-electron chi connectivity index (χ2n) is 4.32. The van der Waals surface area contributed by atoms with Crippen LogP contribution in [0.2, 0.25) is 0 Å².